The summed E-state index contributed by atoms with van der Waals surface area (Å²) >= 11 is 0. The van der Waals surface area contributed by atoms with Crippen LogP contribution in [0.5, 0.6) is 5.75 Å². The van der Waals surface area contributed by atoms with E-state index in [9.17, 15) is 24.0 Å². The minimum atomic E-state index is -1.07. The van der Waals surface area contributed by atoms with Gasteiger partial charge in [0.15, 0.2) is 0 Å². The quantitative estimate of drug-likeness (QED) is 0.260. The molecule has 0 radical (unpaired) electrons. The van der Waals surface area contributed by atoms with Crippen LogP contribution in [0.1, 0.15) is 52.9 Å². The second kappa shape index (κ2) is 14.4. The van der Waals surface area contributed by atoms with Gasteiger partial charge in [-0.15, -0.1) is 0 Å². The molecule has 2 aromatic carbocycles. The Kier molecular flexibility index (Phi) is 10.1. The Morgan fingerprint density at radius 1 is 0.936 bits per heavy atom. The fourth-order valence-corrected chi connectivity index (χ4v) is 5.33. The van der Waals surface area contributed by atoms with E-state index in [4.69, 9.17) is 4.74 Å². The molecule has 246 valence electrons. The number of rotatable bonds is 4. The van der Waals surface area contributed by atoms with Gasteiger partial charge in [0, 0.05) is 18.5 Å². The first-order valence-electron chi connectivity index (χ1n) is 15.6. The van der Waals surface area contributed by atoms with E-state index in [1.165, 1.54) is 13.0 Å². The highest BCUT2D eigenvalue weighted by Gasteiger charge is 2.51. The molecule has 1 spiro atoms. The number of carbonyl (C=O) groups excluding carboxylic acids is 5. The van der Waals surface area contributed by atoms with E-state index in [0.29, 0.717) is 30.1 Å². The number of hydrogen-bond donors (Lipinski definition) is 5. The third kappa shape index (κ3) is 8.69. The van der Waals surface area contributed by atoms with Crippen LogP contribution >= 0.6 is 0 Å². The highest BCUT2D eigenvalue weighted by molar-refractivity contribution is 5.99. The molecule has 2 aliphatic heterocycles. The molecule has 3 heterocycles. The summed E-state index contributed by atoms with van der Waals surface area (Å²) in [5.41, 5.74) is 1.17. The number of nitrogens with zero attached hydrogens (tertiary/aromatic N) is 2. The van der Waals surface area contributed by atoms with Crippen molar-refractivity contribution < 1.29 is 28.7 Å². The third-order valence-electron chi connectivity index (χ3n) is 8.05. The van der Waals surface area contributed by atoms with Crippen LogP contribution in [-0.4, -0.2) is 76.3 Å². The molecule has 13 nitrogen and oxygen atoms in total. The average molecular weight is 642 g/mol. The molecular formula is C34H39N7O6. The van der Waals surface area contributed by atoms with Crippen molar-refractivity contribution in [2.24, 2.45) is 0 Å². The van der Waals surface area contributed by atoms with Gasteiger partial charge in [-0.1, -0.05) is 42.5 Å². The van der Waals surface area contributed by atoms with Gasteiger partial charge in [-0.25, -0.2) is 9.97 Å². The fraction of sp³-hybridized carbons (Fsp3) is 0.382. The Morgan fingerprint density at radius 2 is 1.66 bits per heavy atom. The Bertz CT molecular complexity index is 1620. The second-order valence-corrected chi connectivity index (χ2v) is 12.0. The summed E-state index contributed by atoms with van der Waals surface area (Å²) in [4.78, 5) is 75.3. The highest BCUT2D eigenvalue weighted by atomic mass is 16.5. The molecule has 0 saturated heterocycles. The van der Waals surface area contributed by atoms with Crippen molar-refractivity contribution in [1.29, 1.82) is 0 Å². The number of benzene rings is 2. The van der Waals surface area contributed by atoms with Gasteiger partial charge in [-0.3, -0.25) is 24.0 Å². The Morgan fingerprint density at radius 3 is 2.34 bits per heavy atom. The molecule has 1 saturated carbocycles. The van der Waals surface area contributed by atoms with Gasteiger partial charge >= 0.3 is 0 Å². The van der Waals surface area contributed by atoms with Crippen molar-refractivity contribution in [2.75, 3.05) is 13.2 Å². The molecule has 2 bridgehead atoms. The molecule has 0 unspecified atom stereocenters. The minimum Gasteiger partial charge on any atom is -0.492 e. The molecule has 6 rings (SSSR count). The summed E-state index contributed by atoms with van der Waals surface area (Å²) in [7, 11) is 0. The lowest BCUT2D eigenvalue weighted by Gasteiger charge is -2.25. The zero-order valence-corrected chi connectivity index (χ0v) is 26.6. The van der Waals surface area contributed by atoms with E-state index in [2.05, 4.69) is 36.6 Å². The van der Waals surface area contributed by atoms with Crippen LogP contribution in [0.2, 0.25) is 0 Å². The topological polar surface area (TPSA) is 181 Å². The molecule has 3 atom stereocenters. The number of ether oxygens (including phenoxy) is 1. The first kappa shape index (κ1) is 33.0. The fourth-order valence-electron chi connectivity index (χ4n) is 5.33. The smallest absolute Gasteiger partial charge is 0.270 e. The second-order valence-electron chi connectivity index (χ2n) is 12.0. The number of nitrogens with one attached hydrogen (secondary N) is 5. The van der Waals surface area contributed by atoms with Gasteiger partial charge in [-0.05, 0) is 62.9 Å². The molecule has 1 aliphatic carbocycles. The van der Waals surface area contributed by atoms with Crippen molar-refractivity contribution in [3.05, 3.63) is 89.0 Å². The molecule has 3 aromatic rings. The normalized spacial score (nSPS) is 21.8. The lowest BCUT2D eigenvalue weighted by atomic mass is 10.0. The average Bonchev–Trinajstić information content (AvgIpc) is 3.83. The minimum absolute atomic E-state index is 0.104. The van der Waals surface area contributed by atoms with Crippen LogP contribution in [0.15, 0.2) is 60.7 Å². The summed E-state index contributed by atoms with van der Waals surface area (Å²) in [6.07, 6.45) is 1.20. The zero-order valence-electron chi connectivity index (χ0n) is 26.6. The Labute approximate surface area is 272 Å². The number of hydrogen-bond acceptors (Lipinski definition) is 8. The molecule has 47 heavy (non-hydrogen) atoms. The molecular weight excluding hydrogens is 602 g/mol. The van der Waals surface area contributed by atoms with E-state index in [1.54, 1.807) is 38.1 Å². The van der Waals surface area contributed by atoms with Gasteiger partial charge in [0.25, 0.3) is 5.91 Å². The first-order chi connectivity index (χ1) is 22.5. The Hall–Kier alpha value is -5.33. The van der Waals surface area contributed by atoms with Gasteiger partial charge in [0.1, 0.15) is 47.5 Å². The van der Waals surface area contributed by atoms with Crippen LogP contribution in [0, 0.1) is 13.8 Å². The van der Waals surface area contributed by atoms with Crippen molar-refractivity contribution in [2.45, 2.75) is 70.1 Å². The number of aromatic nitrogens is 2. The third-order valence-corrected chi connectivity index (χ3v) is 8.05. The zero-order chi connectivity index (χ0) is 33.6. The van der Waals surface area contributed by atoms with Gasteiger partial charge in [0.05, 0.1) is 6.54 Å². The molecule has 3 aliphatic rings. The maximum Gasteiger partial charge on any atom is 0.270 e. The number of carbonyl (C=O) groups is 5. The first-order valence-corrected chi connectivity index (χ1v) is 15.6. The molecule has 1 fully saturated rings. The van der Waals surface area contributed by atoms with Crippen molar-refractivity contribution in [3.8, 4) is 5.75 Å². The largest absolute Gasteiger partial charge is 0.492 e. The van der Waals surface area contributed by atoms with Crippen LogP contribution < -0.4 is 31.3 Å². The molecule has 5 N–H and O–H groups in total. The summed E-state index contributed by atoms with van der Waals surface area (Å²) < 4.78 is 5.79. The van der Waals surface area contributed by atoms with Gasteiger partial charge in [-0.2, -0.15) is 0 Å². The predicted molar refractivity (Wildman–Crippen MR) is 171 cm³/mol. The highest BCUT2D eigenvalue weighted by Crippen LogP contribution is 2.35. The van der Waals surface area contributed by atoms with E-state index in [1.807, 2.05) is 30.3 Å². The molecule has 1 aromatic heterocycles. The van der Waals surface area contributed by atoms with Crippen molar-refractivity contribution in [1.82, 2.24) is 36.6 Å². The number of aryl methyl sites for hydroxylation is 2. The van der Waals surface area contributed by atoms with Crippen LogP contribution in [0.4, 0.5) is 0 Å². The van der Waals surface area contributed by atoms with E-state index in [0.717, 1.165) is 11.1 Å². The molecule has 13 heteroatoms. The maximum absolute atomic E-state index is 13.6. The summed E-state index contributed by atoms with van der Waals surface area (Å²) in [6, 6.07) is 14.5. The summed E-state index contributed by atoms with van der Waals surface area (Å²) in [6.45, 7) is 5.32. The van der Waals surface area contributed by atoms with Gasteiger partial charge < -0.3 is 31.3 Å². The Balaban J connectivity index is 1.40. The van der Waals surface area contributed by atoms with E-state index in [-0.39, 0.29) is 37.6 Å². The lowest BCUT2D eigenvalue weighted by molar-refractivity contribution is -0.134. The monoisotopic (exact) mass is 641 g/mol. The predicted octanol–water partition coefficient (Wildman–Crippen LogP) is 0.824. The van der Waals surface area contributed by atoms with Gasteiger partial charge in [0.2, 0.25) is 23.6 Å². The summed E-state index contributed by atoms with van der Waals surface area (Å²) in [5, 5.41) is 13.9. The maximum atomic E-state index is 13.6. The van der Waals surface area contributed by atoms with Crippen LogP contribution in [-0.2, 0) is 32.0 Å². The van der Waals surface area contributed by atoms with Crippen LogP contribution in [0.3, 0.4) is 0 Å². The van der Waals surface area contributed by atoms with Crippen LogP contribution in [0.25, 0.3) is 0 Å². The number of fused-ring (bicyclic) bond motifs is 15. The van der Waals surface area contributed by atoms with Crippen molar-refractivity contribution >= 4 is 29.5 Å². The van der Waals surface area contributed by atoms with Crippen molar-refractivity contribution in [3.63, 3.8) is 0 Å². The summed E-state index contributed by atoms with van der Waals surface area (Å²) in [5.74, 6) is -1.64. The standard InChI is InChI=1S/C34H39N7O6/c1-20-17-26(38-22(3)36-20)31(44)40-27-19-24-9-11-25(12-10-24)47-16-15-35-33(46)34(13-14-34)41-32(45)28(18-23-7-5-4-6-8-23)39-29(42)21(2)37-30(27)43/h4-12,17,21,27-28H,13-16,18-19H2,1-3H3,(H,35,46)(H,37,43)(H,39,42)(H,40,44)(H,41,45)/t21-,27-,28+/m0/s1. The molecule has 5 amide bonds. The van der Waals surface area contributed by atoms with E-state index >= 15 is 0 Å². The number of amides is 5. The van der Waals surface area contributed by atoms with E-state index < -0.39 is 47.3 Å². The SMILES string of the molecule is Cc1cc(C(=O)N[C@H]2Cc3ccc(cc3)OCCNC(=O)C3(CC3)NC(=O)[C@@H](Cc3ccccc3)NC(=O)[C@H](C)NC2=O)nc(C)n1. The lowest BCUT2D eigenvalue weighted by Crippen LogP contribution is -2.59.